The standard InChI is InChI=1S/C14H7N3O7.C13H8O.H2O4S/c1-6-2-8-12(10(3-6)16(21)22)13-9(14(8)18)4-7(15(19)20)5-11(13)17(23)24;14-13-11-7-3-1-5-9(11)10-6-2-4-8-12(10)13;1-5(2,3)4/h2-5H,1H3;1-8H;(H2,1,2,3,4). The molecule has 0 saturated heterocycles. The molecular weight excluding hydrogens is 590 g/mol. The van der Waals surface area contributed by atoms with Gasteiger partial charge in [0.2, 0.25) is 0 Å². The zero-order chi connectivity index (χ0) is 31.8. The number of hydrogen-bond acceptors (Lipinski definition) is 10. The molecule has 0 fully saturated rings. The third kappa shape index (κ3) is 6.01. The predicted molar refractivity (Wildman–Crippen MR) is 149 cm³/mol. The number of carbonyl (C=O) groups excluding carboxylic acids is 2. The van der Waals surface area contributed by atoms with Gasteiger partial charge in [-0.25, -0.2) is 0 Å². The van der Waals surface area contributed by atoms with E-state index in [1.165, 1.54) is 12.1 Å². The van der Waals surface area contributed by atoms with Crippen LogP contribution < -0.4 is 0 Å². The average Bonchev–Trinajstić information content (AvgIpc) is 3.38. The second-order valence-corrected chi connectivity index (χ2v) is 9.96. The Bertz CT molecular complexity index is 1950. The summed E-state index contributed by atoms with van der Waals surface area (Å²) >= 11 is 0. The van der Waals surface area contributed by atoms with Crippen LogP contribution in [0.4, 0.5) is 17.1 Å². The van der Waals surface area contributed by atoms with Gasteiger partial charge in [-0.05, 0) is 29.7 Å². The Kier molecular flexibility index (Phi) is 7.94. The Balaban J connectivity index is 0.000000186. The fourth-order valence-corrected chi connectivity index (χ4v) is 4.78. The smallest absolute Gasteiger partial charge is 0.289 e. The average molecular weight is 608 g/mol. The zero-order valence-corrected chi connectivity index (χ0v) is 22.5. The van der Waals surface area contributed by atoms with Gasteiger partial charge in [0.25, 0.3) is 17.1 Å². The second-order valence-electron chi connectivity index (χ2n) is 9.06. The van der Waals surface area contributed by atoms with Crippen LogP contribution in [0.2, 0.25) is 0 Å². The maximum atomic E-state index is 12.5. The third-order valence-electron chi connectivity index (χ3n) is 6.34. The highest BCUT2D eigenvalue weighted by Crippen LogP contribution is 2.48. The van der Waals surface area contributed by atoms with E-state index in [0.29, 0.717) is 11.6 Å². The van der Waals surface area contributed by atoms with Crippen molar-refractivity contribution in [2.24, 2.45) is 0 Å². The first-order valence-electron chi connectivity index (χ1n) is 11.8. The number of aryl methyl sites for hydroxylation is 1. The molecule has 0 spiro atoms. The van der Waals surface area contributed by atoms with Crippen molar-refractivity contribution in [1.29, 1.82) is 0 Å². The van der Waals surface area contributed by atoms with Crippen molar-refractivity contribution in [3.8, 4) is 22.3 Å². The Morgan fingerprint density at radius 1 is 0.581 bits per heavy atom. The molecule has 43 heavy (non-hydrogen) atoms. The fourth-order valence-electron chi connectivity index (χ4n) is 4.78. The lowest BCUT2D eigenvalue weighted by molar-refractivity contribution is -0.394. The molecule has 0 bridgehead atoms. The third-order valence-corrected chi connectivity index (χ3v) is 6.34. The number of hydrogen-bond donors (Lipinski definition) is 2. The number of nitrogens with zero attached hydrogens (tertiary/aromatic N) is 3. The molecule has 0 heterocycles. The van der Waals surface area contributed by atoms with Crippen LogP contribution in [-0.4, -0.2) is 43.9 Å². The van der Waals surface area contributed by atoms with Crippen LogP contribution in [0, 0.1) is 37.3 Å². The van der Waals surface area contributed by atoms with Crippen molar-refractivity contribution >= 4 is 39.0 Å². The topological polar surface area (TPSA) is 238 Å². The highest BCUT2D eigenvalue weighted by Gasteiger charge is 2.40. The highest BCUT2D eigenvalue weighted by atomic mass is 32.3. The van der Waals surface area contributed by atoms with Gasteiger partial charge < -0.3 is 0 Å². The van der Waals surface area contributed by atoms with Gasteiger partial charge in [0.1, 0.15) is 0 Å². The van der Waals surface area contributed by atoms with E-state index in [9.17, 15) is 39.9 Å². The number of nitro groups is 3. The molecule has 0 saturated carbocycles. The molecule has 6 rings (SSSR count). The van der Waals surface area contributed by atoms with Gasteiger partial charge in [-0.1, -0.05) is 48.5 Å². The molecule has 4 aromatic rings. The molecule has 15 nitrogen and oxygen atoms in total. The number of rotatable bonds is 3. The summed E-state index contributed by atoms with van der Waals surface area (Å²) in [6.45, 7) is 1.54. The van der Waals surface area contributed by atoms with Gasteiger partial charge in [-0.15, -0.1) is 0 Å². The lowest BCUT2D eigenvalue weighted by atomic mass is 10.00. The molecular formula is C27H17N3O12S. The minimum Gasteiger partial charge on any atom is -0.289 e. The lowest BCUT2D eigenvalue weighted by Gasteiger charge is -2.04. The van der Waals surface area contributed by atoms with E-state index >= 15 is 0 Å². The Morgan fingerprint density at radius 3 is 1.37 bits per heavy atom. The van der Waals surface area contributed by atoms with Crippen molar-refractivity contribution in [3.05, 3.63) is 131 Å². The first-order valence-corrected chi connectivity index (χ1v) is 13.2. The molecule has 16 heteroatoms. The Hall–Kier alpha value is -5.71. The number of non-ortho nitro benzene ring substituents is 1. The molecule has 2 aliphatic carbocycles. The Morgan fingerprint density at radius 2 is 0.953 bits per heavy atom. The van der Waals surface area contributed by atoms with E-state index in [-0.39, 0.29) is 28.0 Å². The van der Waals surface area contributed by atoms with Crippen molar-refractivity contribution in [2.75, 3.05) is 0 Å². The number of nitro benzene ring substituents is 3. The van der Waals surface area contributed by atoms with Crippen molar-refractivity contribution in [2.45, 2.75) is 6.92 Å². The summed E-state index contributed by atoms with van der Waals surface area (Å²) in [6.07, 6.45) is 0. The van der Waals surface area contributed by atoms with Gasteiger partial charge in [-0.2, -0.15) is 8.42 Å². The van der Waals surface area contributed by atoms with E-state index < -0.39 is 48.0 Å². The normalized spacial score (nSPS) is 12.0. The van der Waals surface area contributed by atoms with Crippen LogP contribution in [-0.2, 0) is 10.4 Å². The second kappa shape index (κ2) is 11.3. The molecule has 0 aliphatic heterocycles. The summed E-state index contributed by atoms with van der Waals surface area (Å²) in [7, 11) is -4.67. The maximum Gasteiger partial charge on any atom is 0.394 e. The number of benzene rings is 4. The fraction of sp³-hybridized carbons (Fsp3) is 0.0370. The van der Waals surface area contributed by atoms with Crippen LogP contribution in [0.3, 0.4) is 0 Å². The zero-order valence-electron chi connectivity index (χ0n) is 21.7. The van der Waals surface area contributed by atoms with E-state index in [1.807, 2.05) is 48.5 Å². The number of ketones is 2. The molecule has 0 aromatic heterocycles. The number of carbonyl (C=O) groups is 2. The van der Waals surface area contributed by atoms with Gasteiger partial charge in [-0.3, -0.25) is 49.0 Å². The first kappa shape index (κ1) is 30.3. The van der Waals surface area contributed by atoms with E-state index in [4.69, 9.17) is 17.5 Å². The minimum atomic E-state index is -4.67. The lowest BCUT2D eigenvalue weighted by Crippen LogP contribution is -1.99. The van der Waals surface area contributed by atoms with Crippen LogP contribution in [0.1, 0.15) is 37.4 Å². The molecule has 4 aromatic carbocycles. The summed E-state index contributed by atoms with van der Waals surface area (Å²) < 4.78 is 31.6. The molecule has 2 aliphatic rings. The van der Waals surface area contributed by atoms with E-state index in [1.54, 1.807) is 6.92 Å². The van der Waals surface area contributed by atoms with E-state index in [2.05, 4.69) is 0 Å². The minimum absolute atomic E-state index is 0.0692. The molecule has 218 valence electrons. The van der Waals surface area contributed by atoms with Crippen LogP contribution in [0.25, 0.3) is 22.3 Å². The van der Waals surface area contributed by atoms with Gasteiger partial charge >= 0.3 is 10.4 Å². The monoisotopic (exact) mass is 607 g/mol. The van der Waals surface area contributed by atoms with Gasteiger partial charge in [0.15, 0.2) is 11.6 Å². The molecule has 2 N–H and O–H groups in total. The molecule has 0 unspecified atom stereocenters. The van der Waals surface area contributed by atoms with Crippen LogP contribution >= 0.6 is 0 Å². The summed E-state index contributed by atoms with van der Waals surface area (Å²) in [4.78, 5) is 55.5. The maximum absolute atomic E-state index is 12.5. The van der Waals surface area contributed by atoms with Gasteiger partial charge in [0.05, 0.1) is 32.0 Å². The van der Waals surface area contributed by atoms with E-state index in [0.717, 1.165) is 28.3 Å². The SMILES string of the molecule is Cc1cc2c(c([N+](=O)[O-])c1)-c1c(cc([N+](=O)[O-])cc1[N+](=O)[O-])C2=O.O=C1c2ccccc2-c2ccccc21.O=S(=O)(O)O. The summed E-state index contributed by atoms with van der Waals surface area (Å²) in [5.74, 6) is -0.560. The first-order chi connectivity index (χ1) is 20.1. The molecule has 0 radical (unpaired) electrons. The van der Waals surface area contributed by atoms with Crippen molar-refractivity contribution in [1.82, 2.24) is 0 Å². The molecule has 0 amide bonds. The van der Waals surface area contributed by atoms with Gasteiger partial charge in [0, 0.05) is 34.4 Å². The summed E-state index contributed by atoms with van der Waals surface area (Å²) in [6, 6.07) is 19.7. The number of fused-ring (bicyclic) bond motifs is 6. The molecule has 0 atom stereocenters. The van der Waals surface area contributed by atoms with Crippen molar-refractivity contribution in [3.63, 3.8) is 0 Å². The Labute approximate surface area is 241 Å². The summed E-state index contributed by atoms with van der Waals surface area (Å²) in [5, 5.41) is 33.6. The van der Waals surface area contributed by atoms with Crippen LogP contribution in [0.5, 0.6) is 0 Å². The van der Waals surface area contributed by atoms with Crippen molar-refractivity contribution < 1.29 is 41.9 Å². The summed E-state index contributed by atoms with van der Waals surface area (Å²) in [5.41, 5.74) is 1.65. The quantitative estimate of drug-likeness (QED) is 0.150. The largest absolute Gasteiger partial charge is 0.394 e. The predicted octanol–water partition coefficient (Wildman–Crippen LogP) is 5.18. The van der Waals surface area contributed by atoms with Crippen LogP contribution in [0.15, 0.2) is 72.8 Å². The highest BCUT2D eigenvalue weighted by molar-refractivity contribution is 7.79.